The highest BCUT2D eigenvalue weighted by Gasteiger charge is 2.26. The first-order valence-electron chi connectivity index (χ1n) is 5.67. The minimum absolute atomic E-state index is 0.179. The SMILES string of the molecule is COC(=O)c1nc(C)c([C@H](O)C(=O)OC)c(C)c1C. The fraction of sp³-hybridized carbons (Fsp3) is 0.462. The molecule has 19 heavy (non-hydrogen) atoms. The second kappa shape index (κ2) is 5.79. The van der Waals surface area contributed by atoms with Gasteiger partial charge in [-0.25, -0.2) is 14.6 Å². The Labute approximate surface area is 111 Å². The summed E-state index contributed by atoms with van der Waals surface area (Å²) in [5.74, 6) is -1.32. The lowest BCUT2D eigenvalue weighted by molar-refractivity contribution is -0.150. The maximum absolute atomic E-state index is 11.6. The van der Waals surface area contributed by atoms with Crippen LogP contribution in [0.25, 0.3) is 0 Å². The van der Waals surface area contributed by atoms with Gasteiger partial charge in [-0.05, 0) is 31.9 Å². The van der Waals surface area contributed by atoms with Crippen LogP contribution in [0.15, 0.2) is 0 Å². The topological polar surface area (TPSA) is 85.7 Å². The Morgan fingerprint density at radius 2 is 1.68 bits per heavy atom. The molecule has 0 aliphatic carbocycles. The van der Waals surface area contributed by atoms with Crippen molar-refractivity contribution >= 4 is 11.9 Å². The van der Waals surface area contributed by atoms with Gasteiger partial charge in [-0.15, -0.1) is 0 Å². The maximum atomic E-state index is 11.6. The molecule has 1 atom stereocenters. The van der Waals surface area contributed by atoms with Gasteiger partial charge >= 0.3 is 11.9 Å². The smallest absolute Gasteiger partial charge is 0.356 e. The average molecular weight is 267 g/mol. The lowest BCUT2D eigenvalue weighted by Crippen LogP contribution is -2.19. The number of aromatic nitrogens is 1. The highest BCUT2D eigenvalue weighted by molar-refractivity contribution is 5.89. The Bertz CT molecular complexity index is 524. The van der Waals surface area contributed by atoms with Crippen LogP contribution < -0.4 is 0 Å². The van der Waals surface area contributed by atoms with Crippen molar-refractivity contribution in [1.82, 2.24) is 4.98 Å². The summed E-state index contributed by atoms with van der Waals surface area (Å²) in [5, 5.41) is 9.93. The predicted octanol–water partition coefficient (Wildman–Crippen LogP) is 1.000. The molecule has 1 heterocycles. The minimum Gasteiger partial charge on any atom is -0.467 e. The molecule has 1 aromatic rings. The van der Waals surface area contributed by atoms with Crippen molar-refractivity contribution in [1.29, 1.82) is 0 Å². The Kier molecular flexibility index (Phi) is 4.61. The highest BCUT2D eigenvalue weighted by Crippen LogP contribution is 2.26. The summed E-state index contributed by atoms with van der Waals surface area (Å²) in [6.45, 7) is 5.00. The van der Waals surface area contributed by atoms with Crippen LogP contribution in [0.5, 0.6) is 0 Å². The molecule has 1 aromatic heterocycles. The van der Waals surface area contributed by atoms with E-state index < -0.39 is 18.0 Å². The van der Waals surface area contributed by atoms with Crippen LogP contribution in [0.2, 0.25) is 0 Å². The van der Waals surface area contributed by atoms with Gasteiger partial charge < -0.3 is 14.6 Å². The van der Waals surface area contributed by atoms with Crippen molar-refractivity contribution in [3.05, 3.63) is 28.1 Å². The van der Waals surface area contributed by atoms with Gasteiger partial charge in [0.1, 0.15) is 0 Å². The fourth-order valence-corrected chi connectivity index (χ4v) is 1.89. The Morgan fingerprint density at radius 1 is 1.11 bits per heavy atom. The summed E-state index contributed by atoms with van der Waals surface area (Å²) in [5.41, 5.74) is 2.11. The first kappa shape index (κ1) is 15.1. The number of hydrogen-bond donors (Lipinski definition) is 1. The largest absolute Gasteiger partial charge is 0.467 e. The number of methoxy groups -OCH3 is 2. The van der Waals surface area contributed by atoms with Crippen molar-refractivity contribution in [2.75, 3.05) is 14.2 Å². The lowest BCUT2D eigenvalue weighted by Gasteiger charge is -2.17. The Balaban J connectivity index is 3.42. The van der Waals surface area contributed by atoms with E-state index >= 15 is 0 Å². The summed E-state index contributed by atoms with van der Waals surface area (Å²) in [4.78, 5) is 27.1. The van der Waals surface area contributed by atoms with Crippen LogP contribution in [0.1, 0.15) is 39.0 Å². The molecule has 0 saturated carbocycles. The monoisotopic (exact) mass is 267 g/mol. The van der Waals surface area contributed by atoms with E-state index in [1.165, 1.54) is 14.2 Å². The molecule has 0 spiro atoms. The molecular weight excluding hydrogens is 250 g/mol. The van der Waals surface area contributed by atoms with Gasteiger partial charge in [0.15, 0.2) is 11.8 Å². The lowest BCUT2D eigenvalue weighted by atomic mass is 9.96. The van der Waals surface area contributed by atoms with E-state index in [1.807, 2.05) is 0 Å². The van der Waals surface area contributed by atoms with E-state index in [1.54, 1.807) is 20.8 Å². The highest BCUT2D eigenvalue weighted by atomic mass is 16.5. The quantitative estimate of drug-likeness (QED) is 0.822. The molecule has 0 saturated heterocycles. The first-order chi connectivity index (χ1) is 8.84. The van der Waals surface area contributed by atoms with Gasteiger partial charge in [0.2, 0.25) is 0 Å². The summed E-state index contributed by atoms with van der Waals surface area (Å²) in [7, 11) is 2.46. The van der Waals surface area contributed by atoms with E-state index in [4.69, 9.17) is 0 Å². The summed E-state index contributed by atoms with van der Waals surface area (Å²) in [6.07, 6.45) is -1.41. The second-order valence-corrected chi connectivity index (χ2v) is 4.13. The van der Waals surface area contributed by atoms with Crippen LogP contribution in [0, 0.1) is 20.8 Å². The summed E-state index contributed by atoms with van der Waals surface area (Å²) in [6, 6.07) is 0. The number of esters is 2. The van der Waals surface area contributed by atoms with Crippen LogP contribution >= 0.6 is 0 Å². The number of pyridine rings is 1. The number of rotatable bonds is 3. The molecule has 1 N–H and O–H groups in total. The Morgan fingerprint density at radius 3 is 2.16 bits per heavy atom. The van der Waals surface area contributed by atoms with E-state index in [2.05, 4.69) is 14.5 Å². The fourth-order valence-electron chi connectivity index (χ4n) is 1.89. The molecule has 104 valence electrons. The number of aliphatic hydroxyl groups excluding tert-OH is 1. The summed E-state index contributed by atoms with van der Waals surface area (Å²) < 4.78 is 9.15. The number of nitrogens with zero attached hydrogens (tertiary/aromatic N) is 1. The molecule has 0 aliphatic heterocycles. The Hall–Kier alpha value is -1.95. The normalized spacial score (nSPS) is 11.9. The molecule has 6 nitrogen and oxygen atoms in total. The van der Waals surface area contributed by atoms with Crippen LogP contribution in [-0.4, -0.2) is 36.2 Å². The van der Waals surface area contributed by atoms with Crippen molar-refractivity contribution in [3.8, 4) is 0 Å². The molecule has 6 heteroatoms. The predicted molar refractivity (Wildman–Crippen MR) is 66.8 cm³/mol. The number of carbonyl (C=O) groups excluding carboxylic acids is 2. The van der Waals surface area contributed by atoms with Gasteiger partial charge in [-0.3, -0.25) is 0 Å². The minimum atomic E-state index is -1.41. The van der Waals surface area contributed by atoms with Crippen LogP contribution in [0.4, 0.5) is 0 Å². The van der Waals surface area contributed by atoms with E-state index in [0.717, 1.165) is 0 Å². The number of aliphatic hydroxyl groups is 1. The third-order valence-electron chi connectivity index (χ3n) is 3.07. The molecule has 0 amide bonds. The number of ether oxygens (including phenoxy) is 2. The number of hydrogen-bond acceptors (Lipinski definition) is 6. The molecule has 0 aromatic carbocycles. The average Bonchev–Trinajstić information content (AvgIpc) is 2.40. The summed E-state index contributed by atoms with van der Waals surface area (Å²) >= 11 is 0. The van der Waals surface area contributed by atoms with Crippen molar-refractivity contribution in [2.45, 2.75) is 26.9 Å². The van der Waals surface area contributed by atoms with Gasteiger partial charge in [0.05, 0.1) is 14.2 Å². The van der Waals surface area contributed by atoms with Crippen molar-refractivity contribution < 1.29 is 24.2 Å². The van der Waals surface area contributed by atoms with Crippen molar-refractivity contribution in [2.24, 2.45) is 0 Å². The molecular formula is C13H17NO5. The van der Waals surface area contributed by atoms with Gasteiger partial charge in [-0.1, -0.05) is 0 Å². The number of carbonyl (C=O) groups is 2. The van der Waals surface area contributed by atoms with Gasteiger partial charge in [-0.2, -0.15) is 0 Å². The van der Waals surface area contributed by atoms with Crippen LogP contribution in [-0.2, 0) is 14.3 Å². The molecule has 0 unspecified atom stereocenters. The third kappa shape index (κ3) is 2.73. The first-order valence-corrected chi connectivity index (χ1v) is 5.67. The zero-order chi connectivity index (χ0) is 14.7. The van der Waals surface area contributed by atoms with E-state index in [9.17, 15) is 14.7 Å². The van der Waals surface area contributed by atoms with Gasteiger partial charge in [0.25, 0.3) is 0 Å². The zero-order valence-corrected chi connectivity index (χ0v) is 11.6. The number of aryl methyl sites for hydroxylation is 1. The molecule has 0 bridgehead atoms. The maximum Gasteiger partial charge on any atom is 0.356 e. The van der Waals surface area contributed by atoms with E-state index in [-0.39, 0.29) is 5.69 Å². The standard InChI is InChI=1S/C13H17NO5/c1-6-7(2)10(12(16)18-4)14-8(3)9(6)11(15)13(17)19-5/h11,15H,1-5H3/t11-/m0/s1. The van der Waals surface area contributed by atoms with Crippen LogP contribution in [0.3, 0.4) is 0 Å². The molecule has 1 rings (SSSR count). The molecule has 0 radical (unpaired) electrons. The molecule has 0 aliphatic rings. The van der Waals surface area contributed by atoms with Crippen molar-refractivity contribution in [3.63, 3.8) is 0 Å². The second-order valence-electron chi connectivity index (χ2n) is 4.13. The molecule has 0 fully saturated rings. The zero-order valence-electron chi connectivity index (χ0n) is 11.6. The van der Waals surface area contributed by atoms with Gasteiger partial charge in [0, 0.05) is 11.3 Å². The third-order valence-corrected chi connectivity index (χ3v) is 3.07. The van der Waals surface area contributed by atoms with E-state index in [0.29, 0.717) is 22.4 Å².